The van der Waals surface area contributed by atoms with E-state index in [1.165, 1.54) is 24.3 Å². The zero-order chi connectivity index (χ0) is 18.8. The van der Waals surface area contributed by atoms with Gasteiger partial charge in [0, 0.05) is 5.69 Å². The molecule has 3 rings (SSSR count). The molecule has 0 saturated heterocycles. The van der Waals surface area contributed by atoms with Gasteiger partial charge in [-0.2, -0.15) is 0 Å². The third kappa shape index (κ3) is 7.51. The van der Waals surface area contributed by atoms with Gasteiger partial charge in [-0.05, 0) is 67.1 Å². The molecular weight excluding hydrogens is 318 g/mol. The first-order valence-corrected chi connectivity index (χ1v) is 7.38. The number of nitrogen functional groups attached to an aromatic ring is 3. The quantitative estimate of drug-likeness (QED) is 0.331. The van der Waals surface area contributed by atoms with Crippen molar-refractivity contribution in [3.8, 4) is 5.75 Å². The summed E-state index contributed by atoms with van der Waals surface area (Å²) in [6.07, 6.45) is 5.01. The van der Waals surface area contributed by atoms with E-state index < -0.39 is 0 Å². The Morgan fingerprint density at radius 2 is 1.24 bits per heavy atom. The zero-order valence-electron chi connectivity index (χ0n) is 13.8. The highest BCUT2D eigenvalue weighted by Gasteiger charge is 1.98. The van der Waals surface area contributed by atoms with Crippen LogP contribution in [0.2, 0.25) is 0 Å². The number of ketones is 2. The Bertz CT molecular complexity index is 715. The van der Waals surface area contributed by atoms with E-state index >= 15 is 0 Å². The minimum atomic E-state index is -0.121. The van der Waals surface area contributed by atoms with Crippen LogP contribution in [0.4, 0.5) is 17.1 Å². The van der Waals surface area contributed by atoms with E-state index in [-0.39, 0.29) is 17.3 Å². The van der Waals surface area contributed by atoms with Crippen LogP contribution in [-0.4, -0.2) is 16.7 Å². The van der Waals surface area contributed by atoms with Gasteiger partial charge in [0.2, 0.25) is 0 Å². The van der Waals surface area contributed by atoms with Crippen molar-refractivity contribution in [2.24, 2.45) is 0 Å². The summed E-state index contributed by atoms with van der Waals surface area (Å²) in [4.78, 5) is 20.6. The number of aryl methyl sites for hydroxylation is 1. The van der Waals surface area contributed by atoms with Crippen LogP contribution < -0.4 is 17.2 Å². The molecule has 2 aromatic carbocycles. The highest BCUT2D eigenvalue weighted by molar-refractivity contribution is 6.14. The maximum atomic E-state index is 10.3. The predicted molar refractivity (Wildman–Crippen MR) is 101 cm³/mol. The Morgan fingerprint density at radius 3 is 1.60 bits per heavy atom. The minimum absolute atomic E-state index is 0.121. The summed E-state index contributed by atoms with van der Waals surface area (Å²) in [6.45, 7) is 1.94. The molecule has 0 radical (unpaired) electrons. The lowest BCUT2D eigenvalue weighted by Gasteiger charge is -2.00. The number of carbonyl (C=O) groups excluding carboxylic acids is 2. The molecule has 0 aliphatic heterocycles. The molecule has 0 saturated carbocycles. The maximum absolute atomic E-state index is 10.3. The van der Waals surface area contributed by atoms with Gasteiger partial charge in [-0.3, -0.25) is 9.59 Å². The smallest absolute Gasteiger partial charge is 0.178 e. The summed E-state index contributed by atoms with van der Waals surface area (Å²) in [5, 5.41) is 8.70. The molecule has 25 heavy (non-hydrogen) atoms. The lowest BCUT2D eigenvalue weighted by atomic mass is 10.2. The number of para-hydroxylation sites is 1. The lowest BCUT2D eigenvalue weighted by molar-refractivity contribution is -0.113. The van der Waals surface area contributed by atoms with Gasteiger partial charge in [-0.1, -0.05) is 12.1 Å². The second-order valence-electron chi connectivity index (χ2n) is 5.14. The average molecular weight is 339 g/mol. The molecule has 1 aliphatic rings. The zero-order valence-corrected chi connectivity index (χ0v) is 13.8. The molecule has 0 atom stereocenters. The molecule has 1 aliphatic carbocycles. The van der Waals surface area contributed by atoms with E-state index in [0.29, 0.717) is 17.1 Å². The minimum Gasteiger partial charge on any atom is -0.508 e. The summed E-state index contributed by atoms with van der Waals surface area (Å²) in [6, 6.07) is 12.0. The van der Waals surface area contributed by atoms with Gasteiger partial charge >= 0.3 is 0 Å². The van der Waals surface area contributed by atoms with E-state index in [4.69, 9.17) is 22.3 Å². The number of rotatable bonds is 0. The van der Waals surface area contributed by atoms with E-state index in [1.807, 2.05) is 19.1 Å². The number of hydrogen-bond donors (Lipinski definition) is 4. The number of aromatic hydroxyl groups is 1. The van der Waals surface area contributed by atoms with Crippen molar-refractivity contribution >= 4 is 28.6 Å². The summed E-state index contributed by atoms with van der Waals surface area (Å²) in [5.41, 5.74) is 19.4. The van der Waals surface area contributed by atoms with E-state index in [9.17, 15) is 9.59 Å². The first-order valence-electron chi connectivity index (χ1n) is 7.38. The van der Waals surface area contributed by atoms with Crippen molar-refractivity contribution in [2.75, 3.05) is 17.2 Å². The monoisotopic (exact) mass is 339 g/mol. The van der Waals surface area contributed by atoms with Crippen LogP contribution in [-0.2, 0) is 9.59 Å². The second kappa shape index (κ2) is 9.57. The van der Waals surface area contributed by atoms with E-state index in [0.717, 1.165) is 5.56 Å². The van der Waals surface area contributed by atoms with Crippen molar-refractivity contribution in [1.82, 2.24) is 0 Å². The van der Waals surface area contributed by atoms with E-state index in [1.54, 1.807) is 30.3 Å². The lowest BCUT2D eigenvalue weighted by Crippen LogP contribution is -1.97. The fourth-order valence-electron chi connectivity index (χ4n) is 1.62. The maximum Gasteiger partial charge on any atom is 0.178 e. The van der Waals surface area contributed by atoms with Crippen LogP contribution in [0.1, 0.15) is 5.56 Å². The fourth-order valence-corrected chi connectivity index (χ4v) is 1.62. The number of anilines is 3. The second-order valence-corrected chi connectivity index (χ2v) is 5.14. The molecule has 7 N–H and O–H groups in total. The summed E-state index contributed by atoms with van der Waals surface area (Å²) in [7, 11) is 0. The normalized spacial score (nSPS) is 11.9. The van der Waals surface area contributed by atoms with Gasteiger partial charge in [0.1, 0.15) is 5.75 Å². The van der Waals surface area contributed by atoms with Gasteiger partial charge in [-0.25, -0.2) is 0 Å². The topological polar surface area (TPSA) is 132 Å². The Balaban J connectivity index is 0.000000188. The van der Waals surface area contributed by atoms with E-state index in [2.05, 4.69) is 0 Å². The van der Waals surface area contributed by atoms with Crippen LogP contribution in [0.5, 0.6) is 5.75 Å². The number of nitrogens with two attached hydrogens (primary N) is 3. The van der Waals surface area contributed by atoms with Gasteiger partial charge < -0.3 is 22.3 Å². The molecule has 2 aromatic rings. The first-order chi connectivity index (χ1) is 11.8. The average Bonchev–Trinajstić information content (AvgIpc) is 2.59. The van der Waals surface area contributed by atoms with Crippen LogP contribution in [0, 0.1) is 6.92 Å². The predicted octanol–water partition coefficient (Wildman–Crippen LogP) is 2.38. The summed E-state index contributed by atoms with van der Waals surface area (Å²) < 4.78 is 0. The number of hydrogen-bond acceptors (Lipinski definition) is 6. The Hall–Kier alpha value is -3.54. The third-order valence-electron chi connectivity index (χ3n) is 3.07. The molecular formula is C19H21N3O3. The highest BCUT2D eigenvalue weighted by Crippen LogP contribution is 2.17. The number of allylic oxidation sites excluding steroid dienone is 4. The van der Waals surface area contributed by atoms with Gasteiger partial charge in [0.15, 0.2) is 11.6 Å². The van der Waals surface area contributed by atoms with Gasteiger partial charge in [0.05, 0.1) is 11.4 Å². The molecule has 130 valence electrons. The van der Waals surface area contributed by atoms with Crippen molar-refractivity contribution in [2.45, 2.75) is 6.92 Å². The molecule has 0 bridgehead atoms. The van der Waals surface area contributed by atoms with Crippen molar-refractivity contribution in [1.29, 1.82) is 0 Å². The van der Waals surface area contributed by atoms with Crippen LogP contribution in [0.25, 0.3) is 0 Å². The Labute approximate surface area is 146 Å². The van der Waals surface area contributed by atoms with Gasteiger partial charge in [-0.15, -0.1) is 0 Å². The Kier molecular flexibility index (Phi) is 7.46. The fraction of sp³-hybridized carbons (Fsp3) is 0.0526. The van der Waals surface area contributed by atoms with Crippen LogP contribution in [0.15, 0.2) is 66.8 Å². The summed E-state index contributed by atoms with van der Waals surface area (Å²) >= 11 is 0. The SMILES string of the molecule is Cc1cccc(N)c1N.Nc1ccc(O)cc1.O=C1C=CC(=O)C=C1. The number of phenolic OH excluding ortho intramolecular Hbond substituents is 1. The van der Waals surface area contributed by atoms with Crippen molar-refractivity contribution < 1.29 is 14.7 Å². The molecule has 0 heterocycles. The number of carbonyl (C=O) groups is 2. The van der Waals surface area contributed by atoms with Crippen LogP contribution in [0.3, 0.4) is 0 Å². The molecule has 0 fully saturated rings. The van der Waals surface area contributed by atoms with Crippen molar-refractivity contribution in [3.05, 3.63) is 72.3 Å². The molecule has 0 spiro atoms. The molecule has 0 aromatic heterocycles. The number of benzene rings is 2. The Morgan fingerprint density at radius 1 is 0.760 bits per heavy atom. The van der Waals surface area contributed by atoms with Crippen LogP contribution >= 0.6 is 0 Å². The largest absolute Gasteiger partial charge is 0.508 e. The third-order valence-corrected chi connectivity index (χ3v) is 3.07. The van der Waals surface area contributed by atoms with Crippen molar-refractivity contribution in [3.63, 3.8) is 0 Å². The molecule has 0 amide bonds. The standard InChI is InChI=1S/C7H10N2.C6H7NO.C6H4O2/c1-5-3-2-4-6(8)7(5)9;7-5-1-3-6(8)4-2-5;7-5-1-2-6(8)4-3-5/h2-4H,8-9H2,1H3;1-4,8H,7H2;1-4H. The number of phenols is 1. The summed E-state index contributed by atoms with van der Waals surface area (Å²) in [5.74, 6) is 0.00778. The molecule has 6 nitrogen and oxygen atoms in total. The molecule has 0 unspecified atom stereocenters. The highest BCUT2D eigenvalue weighted by atomic mass is 16.3. The molecule has 6 heteroatoms. The first kappa shape index (κ1) is 19.5. The van der Waals surface area contributed by atoms with Gasteiger partial charge in [0.25, 0.3) is 0 Å².